The molecule has 0 amide bonds. The summed E-state index contributed by atoms with van der Waals surface area (Å²) < 4.78 is 42.4. The zero-order valence-corrected chi connectivity index (χ0v) is 17.5. The molecule has 0 saturated carbocycles. The van der Waals surface area contributed by atoms with Crippen LogP contribution in [0, 0.1) is 17.4 Å². The van der Waals surface area contributed by atoms with Gasteiger partial charge in [0.2, 0.25) is 0 Å². The second-order valence-corrected chi connectivity index (χ2v) is 8.88. The van der Waals surface area contributed by atoms with E-state index in [1.54, 1.807) is 0 Å². The van der Waals surface area contributed by atoms with E-state index in [0.29, 0.717) is 8.45 Å². The van der Waals surface area contributed by atoms with Gasteiger partial charge in [0.15, 0.2) is 0 Å². The van der Waals surface area contributed by atoms with Crippen LogP contribution in [0.1, 0.15) is 27.3 Å². The first kappa shape index (κ1) is 19.3. The van der Waals surface area contributed by atoms with Gasteiger partial charge in [-0.2, -0.15) is 13.2 Å². The number of hydrogen-bond acceptors (Lipinski definition) is 3. The first-order valence-electron chi connectivity index (χ1n) is 7.09. The Kier molecular flexibility index (Phi) is 5.07. The lowest BCUT2D eigenvalue weighted by Gasteiger charge is -2.29. The molecule has 0 N–H and O–H groups in total. The van der Waals surface area contributed by atoms with Crippen molar-refractivity contribution in [2.75, 3.05) is 0 Å². The molecule has 134 valence electrons. The number of oxime groups is 1. The molecule has 1 atom stereocenters. The van der Waals surface area contributed by atoms with Crippen LogP contribution >= 0.6 is 57.1 Å². The van der Waals surface area contributed by atoms with Crippen molar-refractivity contribution in [1.29, 1.82) is 0 Å². The molecule has 0 aliphatic carbocycles. The minimum Gasteiger partial charge on any atom is -0.374 e. The molecule has 0 radical (unpaired) electrons. The molecule has 1 unspecified atom stereocenters. The highest BCUT2D eigenvalue weighted by atomic mass is 127. The summed E-state index contributed by atoms with van der Waals surface area (Å²) >= 11 is 15.4. The molecule has 0 spiro atoms. The highest BCUT2D eigenvalue weighted by molar-refractivity contribution is 14.1. The highest BCUT2D eigenvalue weighted by Crippen LogP contribution is 2.50. The Morgan fingerprint density at radius 2 is 1.80 bits per heavy atom. The van der Waals surface area contributed by atoms with Crippen molar-refractivity contribution in [3.63, 3.8) is 0 Å². The molecule has 0 bridgehead atoms. The van der Waals surface area contributed by atoms with Gasteiger partial charge in [0.05, 0.1) is 24.9 Å². The maximum absolute atomic E-state index is 14.0. The summed E-state index contributed by atoms with van der Waals surface area (Å²) in [5.74, 6) is 0. The van der Waals surface area contributed by atoms with Crippen molar-refractivity contribution in [2.45, 2.75) is 32.0 Å². The van der Waals surface area contributed by atoms with Crippen LogP contribution in [0.15, 0.2) is 23.4 Å². The number of nitrogens with zero attached hydrogens (tertiary/aromatic N) is 1. The summed E-state index contributed by atoms with van der Waals surface area (Å²) in [6.07, 6.45) is -5.11. The van der Waals surface area contributed by atoms with Crippen LogP contribution in [0.2, 0.25) is 10.0 Å². The van der Waals surface area contributed by atoms with Gasteiger partial charge >= 0.3 is 6.18 Å². The molecule has 1 aliphatic rings. The van der Waals surface area contributed by atoms with Gasteiger partial charge in [0.25, 0.3) is 5.60 Å². The second-order valence-electron chi connectivity index (χ2n) is 5.73. The van der Waals surface area contributed by atoms with Gasteiger partial charge in [-0.25, -0.2) is 0 Å². The first-order valence-corrected chi connectivity index (χ1v) is 9.74. The first-order chi connectivity index (χ1) is 11.5. The van der Waals surface area contributed by atoms with Crippen LogP contribution in [0.5, 0.6) is 0 Å². The smallest absolute Gasteiger partial charge is 0.374 e. The largest absolute Gasteiger partial charge is 0.435 e. The van der Waals surface area contributed by atoms with Gasteiger partial charge in [0, 0.05) is 10.4 Å². The van der Waals surface area contributed by atoms with E-state index in [2.05, 4.69) is 5.16 Å². The van der Waals surface area contributed by atoms with Crippen molar-refractivity contribution in [3.8, 4) is 0 Å². The molecule has 1 aromatic carbocycles. The third-order valence-electron chi connectivity index (χ3n) is 4.09. The van der Waals surface area contributed by atoms with Gasteiger partial charge in [-0.1, -0.05) is 28.4 Å². The van der Waals surface area contributed by atoms with Crippen LogP contribution in [-0.2, 0) is 10.4 Å². The number of halogens is 6. The van der Waals surface area contributed by atoms with E-state index in [1.807, 2.05) is 42.5 Å². The zero-order chi connectivity index (χ0) is 18.6. The summed E-state index contributed by atoms with van der Waals surface area (Å²) in [7, 11) is 0. The van der Waals surface area contributed by atoms with E-state index in [1.165, 1.54) is 23.5 Å². The normalized spacial score (nSPS) is 20.6. The summed E-state index contributed by atoms with van der Waals surface area (Å²) in [6.45, 7) is 3.82. The third-order valence-corrected chi connectivity index (χ3v) is 7.68. The lowest BCUT2D eigenvalue weighted by molar-refractivity contribution is -0.275. The minimum atomic E-state index is -4.68. The van der Waals surface area contributed by atoms with E-state index in [0.717, 1.165) is 10.4 Å². The van der Waals surface area contributed by atoms with Gasteiger partial charge in [-0.15, -0.1) is 11.3 Å². The summed E-state index contributed by atoms with van der Waals surface area (Å²) in [4.78, 5) is 6.71. The standard InChI is InChI=1S/C16H11Cl2F3INOS/c1-7-3-13(25-8(7)2)12-6-15(24-23-12,16(19,20)21)9-4-10(17)14(22)11(18)5-9/h3-5H,6H2,1-2H3. The third kappa shape index (κ3) is 3.28. The van der Waals surface area contributed by atoms with E-state index in [9.17, 15) is 13.2 Å². The van der Waals surface area contributed by atoms with Gasteiger partial charge in [0.1, 0.15) is 5.71 Å². The molecule has 1 aromatic heterocycles. The number of rotatable bonds is 2. The summed E-state index contributed by atoms with van der Waals surface area (Å²) in [5.41, 5.74) is -1.47. The maximum atomic E-state index is 14.0. The Hall–Kier alpha value is -0.510. The van der Waals surface area contributed by atoms with E-state index in [-0.39, 0.29) is 21.3 Å². The second kappa shape index (κ2) is 6.58. The molecule has 1 aliphatic heterocycles. The lowest BCUT2D eigenvalue weighted by Crippen LogP contribution is -2.42. The zero-order valence-electron chi connectivity index (χ0n) is 13.0. The van der Waals surface area contributed by atoms with Crippen LogP contribution < -0.4 is 0 Å². The molecule has 3 rings (SSSR count). The Morgan fingerprint density at radius 1 is 1.20 bits per heavy atom. The van der Waals surface area contributed by atoms with Gasteiger partial charge in [-0.3, -0.25) is 0 Å². The topological polar surface area (TPSA) is 21.6 Å². The minimum absolute atomic E-state index is 0.145. The van der Waals surface area contributed by atoms with Crippen LogP contribution in [0.4, 0.5) is 13.2 Å². The number of aryl methyl sites for hydroxylation is 2. The van der Waals surface area contributed by atoms with Crippen molar-refractivity contribution >= 4 is 62.8 Å². The van der Waals surface area contributed by atoms with Crippen molar-refractivity contribution < 1.29 is 18.0 Å². The van der Waals surface area contributed by atoms with Crippen LogP contribution in [-0.4, -0.2) is 11.9 Å². The molecule has 25 heavy (non-hydrogen) atoms. The Balaban J connectivity index is 2.07. The quantitative estimate of drug-likeness (QED) is 0.314. The SMILES string of the molecule is Cc1cc(C2=NOC(c3cc(Cl)c(I)c(Cl)c3)(C(F)(F)F)C2)sc1C. The lowest BCUT2D eigenvalue weighted by atomic mass is 9.88. The number of hydrogen-bond donors (Lipinski definition) is 0. The Labute approximate surface area is 170 Å². The molecule has 2 heterocycles. The van der Waals surface area contributed by atoms with Crippen LogP contribution in [0.3, 0.4) is 0 Å². The number of alkyl halides is 3. The molecule has 2 aromatic rings. The van der Waals surface area contributed by atoms with Crippen molar-refractivity contribution in [2.24, 2.45) is 5.16 Å². The fraction of sp³-hybridized carbons (Fsp3) is 0.312. The molecular weight excluding hydrogens is 509 g/mol. The Morgan fingerprint density at radius 3 is 2.28 bits per heavy atom. The molecule has 0 fully saturated rings. The summed E-state index contributed by atoms with van der Waals surface area (Å²) in [6, 6.07) is 4.31. The molecule has 9 heteroatoms. The van der Waals surface area contributed by atoms with E-state index < -0.39 is 18.2 Å². The monoisotopic (exact) mass is 519 g/mol. The van der Waals surface area contributed by atoms with E-state index in [4.69, 9.17) is 28.0 Å². The molecule has 0 saturated heterocycles. The fourth-order valence-electron chi connectivity index (χ4n) is 2.54. The summed E-state index contributed by atoms with van der Waals surface area (Å²) in [5, 5.41) is 4.05. The van der Waals surface area contributed by atoms with Crippen molar-refractivity contribution in [3.05, 3.63) is 52.7 Å². The number of thiophene rings is 1. The number of benzene rings is 1. The van der Waals surface area contributed by atoms with Crippen LogP contribution in [0.25, 0.3) is 0 Å². The van der Waals surface area contributed by atoms with E-state index >= 15 is 0 Å². The van der Waals surface area contributed by atoms with Gasteiger partial charge in [-0.05, 0) is 60.2 Å². The fourth-order valence-corrected chi connectivity index (χ4v) is 4.35. The molecule has 2 nitrogen and oxygen atoms in total. The van der Waals surface area contributed by atoms with Gasteiger partial charge < -0.3 is 4.84 Å². The maximum Gasteiger partial charge on any atom is 0.435 e. The highest BCUT2D eigenvalue weighted by Gasteiger charge is 2.62. The van der Waals surface area contributed by atoms with Crippen molar-refractivity contribution in [1.82, 2.24) is 0 Å². The molecular formula is C16H11Cl2F3INOS. The average Bonchev–Trinajstić information content (AvgIpc) is 3.09. The average molecular weight is 520 g/mol. The predicted molar refractivity (Wildman–Crippen MR) is 103 cm³/mol. The Bertz CT molecular complexity index is 838. The predicted octanol–water partition coefficient (Wildman–Crippen LogP) is 6.86.